The van der Waals surface area contributed by atoms with Gasteiger partial charge < -0.3 is 25.0 Å². The van der Waals surface area contributed by atoms with Crippen LogP contribution in [-0.4, -0.2) is 71.0 Å². The molecule has 2 aliphatic heterocycles. The number of ether oxygens (including phenoxy) is 1. The normalized spacial score (nSPS) is 18.2. The molecule has 1 saturated heterocycles. The molecule has 8 nitrogen and oxygen atoms in total. The summed E-state index contributed by atoms with van der Waals surface area (Å²) >= 11 is 2.35. The van der Waals surface area contributed by atoms with Gasteiger partial charge in [0.25, 0.3) is 0 Å². The lowest BCUT2D eigenvalue weighted by Crippen LogP contribution is -2.49. The molecule has 0 saturated carbocycles. The molecule has 2 aromatic carbocycles. The van der Waals surface area contributed by atoms with E-state index in [1.54, 1.807) is 12.1 Å². The number of benzene rings is 2. The summed E-state index contributed by atoms with van der Waals surface area (Å²) in [7, 11) is 0. The Balaban J connectivity index is 0.000000401. The number of aryl methyl sites for hydroxylation is 1. The van der Waals surface area contributed by atoms with Gasteiger partial charge in [0.05, 0.1) is 0 Å². The van der Waals surface area contributed by atoms with Crippen molar-refractivity contribution in [1.29, 1.82) is 0 Å². The van der Waals surface area contributed by atoms with Gasteiger partial charge in [0, 0.05) is 48.0 Å². The first-order chi connectivity index (χ1) is 14.8. The second-order valence-electron chi connectivity index (χ2n) is 7.44. The molecule has 31 heavy (non-hydrogen) atoms. The molecule has 9 heteroatoms. The molecule has 166 valence electrons. The Labute approximate surface area is 194 Å². The van der Waals surface area contributed by atoms with Gasteiger partial charge in [-0.2, -0.15) is 0 Å². The number of hydrogen-bond donors (Lipinski definition) is 3. The van der Waals surface area contributed by atoms with Gasteiger partial charge in [0.1, 0.15) is 17.6 Å². The zero-order valence-electron chi connectivity index (χ0n) is 16.9. The van der Waals surface area contributed by atoms with E-state index in [1.165, 1.54) is 14.8 Å². The predicted octanol–water partition coefficient (Wildman–Crippen LogP) is 2.67. The topological polar surface area (TPSA) is 111 Å². The fourth-order valence-corrected chi connectivity index (χ4v) is 4.03. The van der Waals surface area contributed by atoms with Crippen molar-refractivity contribution in [3.05, 3.63) is 51.6 Å². The quantitative estimate of drug-likeness (QED) is 0.403. The van der Waals surface area contributed by atoms with Crippen LogP contribution in [0.1, 0.15) is 12.0 Å². The van der Waals surface area contributed by atoms with E-state index >= 15 is 0 Å². The number of phenols is 1. The van der Waals surface area contributed by atoms with Crippen molar-refractivity contribution in [2.45, 2.75) is 18.9 Å². The van der Waals surface area contributed by atoms with Crippen LogP contribution in [0.2, 0.25) is 0 Å². The number of fused-ring (bicyclic) bond motifs is 1. The molecule has 0 aliphatic carbocycles. The molecule has 2 aliphatic rings. The number of carbonyl (C=O) groups is 2. The number of piperazine rings is 1. The minimum absolute atomic E-state index is 0.221. The van der Waals surface area contributed by atoms with E-state index in [-0.39, 0.29) is 11.9 Å². The number of halogens is 1. The van der Waals surface area contributed by atoms with Gasteiger partial charge >= 0.3 is 11.9 Å². The average Bonchev–Trinajstić information content (AvgIpc) is 2.75. The molecule has 2 aromatic rings. The van der Waals surface area contributed by atoms with E-state index in [2.05, 4.69) is 56.7 Å². The van der Waals surface area contributed by atoms with Crippen molar-refractivity contribution in [3.63, 3.8) is 0 Å². The number of anilines is 1. The zero-order chi connectivity index (χ0) is 22.4. The van der Waals surface area contributed by atoms with E-state index < -0.39 is 11.9 Å². The average molecular weight is 540 g/mol. The van der Waals surface area contributed by atoms with E-state index in [4.69, 9.17) is 24.5 Å². The lowest BCUT2D eigenvalue weighted by molar-refractivity contribution is -0.159. The molecule has 0 amide bonds. The lowest BCUT2D eigenvalue weighted by atomic mass is 10.0. The Morgan fingerprint density at radius 2 is 1.65 bits per heavy atom. The van der Waals surface area contributed by atoms with Gasteiger partial charge in [-0.1, -0.05) is 6.07 Å². The summed E-state index contributed by atoms with van der Waals surface area (Å²) < 4.78 is 7.40. The van der Waals surface area contributed by atoms with Crippen molar-refractivity contribution in [3.8, 4) is 11.5 Å². The van der Waals surface area contributed by atoms with E-state index in [0.717, 1.165) is 51.3 Å². The fraction of sp³-hybridized carbons (Fsp3) is 0.364. The van der Waals surface area contributed by atoms with Gasteiger partial charge in [-0.05, 0) is 71.3 Å². The molecule has 1 atom stereocenters. The molecule has 3 N–H and O–H groups in total. The third-order valence-electron chi connectivity index (χ3n) is 5.29. The van der Waals surface area contributed by atoms with Crippen LogP contribution in [0.4, 0.5) is 5.69 Å². The van der Waals surface area contributed by atoms with Crippen molar-refractivity contribution in [1.82, 2.24) is 4.90 Å². The molecule has 0 radical (unpaired) electrons. The van der Waals surface area contributed by atoms with E-state index in [0.29, 0.717) is 0 Å². The molecule has 2 heterocycles. The number of nitrogens with zero attached hydrogens (tertiary/aromatic N) is 2. The predicted molar refractivity (Wildman–Crippen MR) is 124 cm³/mol. The van der Waals surface area contributed by atoms with E-state index in [9.17, 15) is 5.11 Å². The molecule has 0 bridgehead atoms. The standard InChI is InChI=1S/C20H23IN2O2.C2H2O4/c21-16-3-5-17(6-4-16)23-11-9-22(10-12-23)14-19-8-2-15-1-7-18(24)13-20(15)25-19;3-1(4)2(5)6/h1,3-7,13,19,24H,2,8-12,14H2;(H,3,4)(H,5,6)/t19-;/m1./s1. The van der Waals surface area contributed by atoms with Crippen LogP contribution in [0.3, 0.4) is 0 Å². The summed E-state index contributed by atoms with van der Waals surface area (Å²) in [4.78, 5) is 23.2. The fourth-order valence-electron chi connectivity index (χ4n) is 3.67. The van der Waals surface area contributed by atoms with Crippen molar-refractivity contribution >= 4 is 40.2 Å². The molecule has 1 fully saturated rings. The van der Waals surface area contributed by atoms with Crippen LogP contribution in [0.15, 0.2) is 42.5 Å². The van der Waals surface area contributed by atoms with Crippen molar-refractivity contribution in [2.75, 3.05) is 37.6 Å². The number of rotatable bonds is 3. The first-order valence-electron chi connectivity index (χ1n) is 9.99. The Kier molecular flexibility index (Phi) is 7.97. The molecular weight excluding hydrogens is 515 g/mol. The minimum Gasteiger partial charge on any atom is -0.508 e. The highest BCUT2D eigenvalue weighted by atomic mass is 127. The van der Waals surface area contributed by atoms with Crippen LogP contribution in [0.25, 0.3) is 0 Å². The third kappa shape index (κ3) is 6.73. The maximum absolute atomic E-state index is 9.65. The van der Waals surface area contributed by atoms with Crippen molar-refractivity contribution in [2.24, 2.45) is 0 Å². The maximum atomic E-state index is 9.65. The Bertz CT molecular complexity index is 901. The highest BCUT2D eigenvalue weighted by Crippen LogP contribution is 2.31. The summed E-state index contributed by atoms with van der Waals surface area (Å²) in [6, 6.07) is 14.2. The first-order valence-corrected chi connectivity index (χ1v) is 11.1. The maximum Gasteiger partial charge on any atom is 0.414 e. The number of hydrogen-bond acceptors (Lipinski definition) is 6. The Hall–Kier alpha value is -2.53. The summed E-state index contributed by atoms with van der Waals surface area (Å²) in [5.41, 5.74) is 2.52. The molecular formula is C22H25IN2O6. The van der Waals surface area contributed by atoms with Crippen LogP contribution in [0.5, 0.6) is 11.5 Å². The largest absolute Gasteiger partial charge is 0.508 e. The highest BCUT2D eigenvalue weighted by Gasteiger charge is 2.25. The Morgan fingerprint density at radius 1 is 1.00 bits per heavy atom. The van der Waals surface area contributed by atoms with Crippen LogP contribution in [-0.2, 0) is 16.0 Å². The van der Waals surface area contributed by atoms with Gasteiger partial charge in [0.2, 0.25) is 0 Å². The number of aliphatic carboxylic acids is 2. The van der Waals surface area contributed by atoms with Crippen LogP contribution in [0, 0.1) is 3.57 Å². The third-order valence-corrected chi connectivity index (χ3v) is 6.01. The molecule has 0 aromatic heterocycles. The highest BCUT2D eigenvalue weighted by molar-refractivity contribution is 14.1. The second-order valence-corrected chi connectivity index (χ2v) is 8.69. The molecule has 4 rings (SSSR count). The van der Waals surface area contributed by atoms with Gasteiger partial charge in [-0.25, -0.2) is 9.59 Å². The second kappa shape index (κ2) is 10.7. The number of carboxylic acids is 2. The van der Waals surface area contributed by atoms with Gasteiger partial charge in [-0.15, -0.1) is 0 Å². The first kappa shape index (κ1) is 23.1. The minimum atomic E-state index is -1.82. The Morgan fingerprint density at radius 3 is 2.26 bits per heavy atom. The van der Waals surface area contributed by atoms with Gasteiger partial charge in [0.15, 0.2) is 0 Å². The summed E-state index contributed by atoms with van der Waals surface area (Å²) in [6.45, 7) is 5.22. The number of phenolic OH excluding ortho intramolecular Hbond substituents is 1. The molecule has 0 spiro atoms. The SMILES string of the molecule is O=C(O)C(=O)O.Oc1ccc2c(c1)O[C@@H](CN1CCN(c3ccc(I)cc3)CC1)CC2. The zero-order valence-corrected chi connectivity index (χ0v) is 19.1. The summed E-state index contributed by atoms with van der Waals surface area (Å²) in [6.07, 6.45) is 2.30. The monoisotopic (exact) mass is 540 g/mol. The number of aromatic hydroxyl groups is 1. The molecule has 0 unspecified atom stereocenters. The van der Waals surface area contributed by atoms with Gasteiger partial charge in [-0.3, -0.25) is 4.90 Å². The summed E-state index contributed by atoms with van der Waals surface area (Å²) in [5, 5.41) is 24.4. The number of carboxylic acid groups (broad SMARTS) is 2. The van der Waals surface area contributed by atoms with Crippen LogP contribution >= 0.6 is 22.6 Å². The lowest BCUT2D eigenvalue weighted by Gasteiger charge is -2.38. The smallest absolute Gasteiger partial charge is 0.414 e. The van der Waals surface area contributed by atoms with Crippen molar-refractivity contribution < 1.29 is 29.6 Å². The summed E-state index contributed by atoms with van der Waals surface area (Å²) in [5.74, 6) is -2.51. The van der Waals surface area contributed by atoms with Crippen LogP contribution < -0.4 is 9.64 Å². The van der Waals surface area contributed by atoms with E-state index in [1.807, 2.05) is 6.07 Å².